The molecule has 24 heavy (non-hydrogen) atoms. The summed E-state index contributed by atoms with van der Waals surface area (Å²) in [6.45, 7) is 3.46. The monoisotopic (exact) mass is 337 g/mol. The maximum atomic E-state index is 9.68. The predicted molar refractivity (Wildman–Crippen MR) is 97.2 cm³/mol. The summed E-state index contributed by atoms with van der Waals surface area (Å²) in [4.78, 5) is 12.2. The van der Waals surface area contributed by atoms with E-state index in [-0.39, 0.29) is 0 Å². The second-order valence-electron chi connectivity index (χ2n) is 6.08. The minimum atomic E-state index is -0.643. The third kappa shape index (κ3) is 2.92. The van der Waals surface area contributed by atoms with Crippen molar-refractivity contribution >= 4 is 17.2 Å². The molecule has 0 fully saturated rings. The van der Waals surface area contributed by atoms with E-state index in [2.05, 4.69) is 50.6 Å². The van der Waals surface area contributed by atoms with E-state index in [1.165, 1.54) is 21.6 Å². The number of thiophene rings is 1. The molecule has 0 radical (unpaired) electrons. The van der Waals surface area contributed by atoms with Crippen LogP contribution in [0.3, 0.4) is 0 Å². The summed E-state index contributed by atoms with van der Waals surface area (Å²) >= 11 is 1.78. The Bertz CT molecular complexity index is 846. The van der Waals surface area contributed by atoms with Gasteiger partial charge in [0.1, 0.15) is 11.9 Å². The Labute approximate surface area is 145 Å². The molecule has 3 heterocycles. The molecule has 1 aliphatic heterocycles. The van der Waals surface area contributed by atoms with Crippen molar-refractivity contribution in [2.45, 2.75) is 26.0 Å². The third-order valence-corrected chi connectivity index (χ3v) is 5.30. The zero-order valence-corrected chi connectivity index (χ0v) is 14.3. The SMILES string of the molecule is CC(O)c1nccc(N2CCc3cc(-c4cccs4)ccc3C2)n1. The summed E-state index contributed by atoms with van der Waals surface area (Å²) in [5, 5.41) is 11.8. The average Bonchev–Trinajstić information content (AvgIpc) is 3.15. The van der Waals surface area contributed by atoms with Crippen LogP contribution in [0.1, 0.15) is 30.0 Å². The number of nitrogens with zero attached hydrogens (tertiary/aromatic N) is 3. The molecule has 0 aliphatic carbocycles. The van der Waals surface area contributed by atoms with Gasteiger partial charge in [-0.2, -0.15) is 0 Å². The molecule has 1 aromatic carbocycles. The summed E-state index contributed by atoms with van der Waals surface area (Å²) in [6.07, 6.45) is 2.08. The molecule has 1 atom stereocenters. The first-order valence-corrected chi connectivity index (χ1v) is 9.00. The van der Waals surface area contributed by atoms with Gasteiger partial charge in [-0.15, -0.1) is 11.3 Å². The lowest BCUT2D eigenvalue weighted by molar-refractivity contribution is 0.189. The first-order valence-electron chi connectivity index (χ1n) is 8.12. The fourth-order valence-electron chi connectivity index (χ4n) is 3.09. The number of hydrogen-bond acceptors (Lipinski definition) is 5. The zero-order chi connectivity index (χ0) is 16.5. The van der Waals surface area contributed by atoms with Crippen molar-refractivity contribution in [3.8, 4) is 10.4 Å². The van der Waals surface area contributed by atoms with Gasteiger partial charge in [-0.1, -0.05) is 18.2 Å². The summed E-state index contributed by atoms with van der Waals surface area (Å²) in [6, 6.07) is 12.9. The molecule has 4 rings (SSSR count). The van der Waals surface area contributed by atoms with Gasteiger partial charge in [0.05, 0.1) is 0 Å². The van der Waals surface area contributed by atoms with Gasteiger partial charge in [0, 0.05) is 24.2 Å². The molecular formula is C19H19N3OS. The number of aromatic nitrogens is 2. The van der Waals surface area contributed by atoms with Crippen LogP contribution in [-0.4, -0.2) is 21.6 Å². The van der Waals surface area contributed by atoms with Gasteiger partial charge < -0.3 is 10.0 Å². The highest BCUT2D eigenvalue weighted by Crippen LogP contribution is 2.30. The molecular weight excluding hydrogens is 318 g/mol. The first kappa shape index (κ1) is 15.3. The summed E-state index contributed by atoms with van der Waals surface area (Å²) < 4.78 is 0. The summed E-state index contributed by atoms with van der Waals surface area (Å²) in [5.41, 5.74) is 4.07. The van der Waals surface area contributed by atoms with E-state index >= 15 is 0 Å². The number of benzene rings is 1. The van der Waals surface area contributed by atoms with Crippen LogP contribution in [0.15, 0.2) is 48.0 Å². The van der Waals surface area contributed by atoms with Crippen molar-refractivity contribution < 1.29 is 5.11 Å². The van der Waals surface area contributed by atoms with Crippen LogP contribution >= 0.6 is 11.3 Å². The molecule has 1 unspecified atom stereocenters. The van der Waals surface area contributed by atoms with Crippen LogP contribution in [0.2, 0.25) is 0 Å². The van der Waals surface area contributed by atoms with Crippen LogP contribution in [-0.2, 0) is 13.0 Å². The van der Waals surface area contributed by atoms with Crippen molar-refractivity contribution in [2.75, 3.05) is 11.4 Å². The van der Waals surface area contributed by atoms with Crippen LogP contribution < -0.4 is 4.90 Å². The maximum Gasteiger partial charge on any atom is 0.158 e. The molecule has 0 saturated heterocycles. The van der Waals surface area contributed by atoms with Crippen LogP contribution in [0, 0.1) is 0 Å². The number of rotatable bonds is 3. The second-order valence-corrected chi connectivity index (χ2v) is 7.03. The second kappa shape index (κ2) is 6.34. The molecule has 0 saturated carbocycles. The fraction of sp³-hybridized carbons (Fsp3) is 0.263. The Morgan fingerprint density at radius 3 is 2.92 bits per heavy atom. The van der Waals surface area contributed by atoms with Gasteiger partial charge >= 0.3 is 0 Å². The van der Waals surface area contributed by atoms with Crippen molar-refractivity contribution in [1.29, 1.82) is 0 Å². The number of aliphatic hydroxyl groups is 1. The van der Waals surface area contributed by atoms with E-state index in [1.54, 1.807) is 24.5 Å². The van der Waals surface area contributed by atoms with E-state index in [0.717, 1.165) is 25.3 Å². The molecule has 0 spiro atoms. The van der Waals surface area contributed by atoms with Gasteiger partial charge in [-0.25, -0.2) is 9.97 Å². The highest BCUT2D eigenvalue weighted by atomic mass is 32.1. The highest BCUT2D eigenvalue weighted by molar-refractivity contribution is 7.13. The Hall–Kier alpha value is -2.24. The normalized spacial score (nSPS) is 15.2. The van der Waals surface area contributed by atoms with Crippen LogP contribution in [0.4, 0.5) is 5.82 Å². The van der Waals surface area contributed by atoms with Gasteiger partial charge in [0.15, 0.2) is 5.82 Å². The van der Waals surface area contributed by atoms with Crippen molar-refractivity contribution in [2.24, 2.45) is 0 Å². The lowest BCUT2D eigenvalue weighted by Gasteiger charge is -2.30. The molecule has 0 amide bonds. The van der Waals surface area contributed by atoms with Crippen molar-refractivity contribution in [3.05, 3.63) is 64.9 Å². The van der Waals surface area contributed by atoms with Gasteiger partial charge in [0.2, 0.25) is 0 Å². The van der Waals surface area contributed by atoms with Gasteiger partial charge in [-0.3, -0.25) is 0 Å². The Kier molecular flexibility index (Phi) is 4.04. The standard InChI is InChI=1S/C19H19N3OS/c1-13(23)19-20-8-6-18(21-19)22-9-7-14-11-15(4-5-16(14)12-22)17-3-2-10-24-17/h2-6,8,10-11,13,23H,7,9,12H2,1H3. The zero-order valence-electron chi connectivity index (χ0n) is 13.5. The minimum Gasteiger partial charge on any atom is -0.385 e. The maximum absolute atomic E-state index is 9.68. The highest BCUT2D eigenvalue weighted by Gasteiger charge is 2.19. The van der Waals surface area contributed by atoms with E-state index < -0.39 is 6.10 Å². The number of hydrogen-bond donors (Lipinski definition) is 1. The largest absolute Gasteiger partial charge is 0.385 e. The van der Waals surface area contributed by atoms with E-state index in [4.69, 9.17) is 0 Å². The Balaban J connectivity index is 1.59. The molecule has 1 N–H and O–H groups in total. The molecule has 1 aliphatic rings. The Morgan fingerprint density at radius 2 is 2.12 bits per heavy atom. The van der Waals surface area contributed by atoms with E-state index in [1.807, 2.05) is 6.07 Å². The fourth-order valence-corrected chi connectivity index (χ4v) is 3.81. The van der Waals surface area contributed by atoms with Gasteiger partial charge in [0.25, 0.3) is 0 Å². The predicted octanol–water partition coefficient (Wildman–Crippen LogP) is 3.82. The smallest absolute Gasteiger partial charge is 0.158 e. The Morgan fingerprint density at radius 1 is 1.21 bits per heavy atom. The molecule has 122 valence electrons. The van der Waals surface area contributed by atoms with Crippen molar-refractivity contribution in [3.63, 3.8) is 0 Å². The van der Waals surface area contributed by atoms with Crippen LogP contribution in [0.5, 0.6) is 0 Å². The molecule has 5 heteroatoms. The number of aliphatic hydroxyl groups excluding tert-OH is 1. The topological polar surface area (TPSA) is 49.3 Å². The lowest BCUT2D eigenvalue weighted by Crippen LogP contribution is -2.31. The number of fused-ring (bicyclic) bond motifs is 1. The quantitative estimate of drug-likeness (QED) is 0.789. The summed E-state index contributed by atoms with van der Waals surface area (Å²) in [7, 11) is 0. The summed E-state index contributed by atoms with van der Waals surface area (Å²) in [5.74, 6) is 1.36. The van der Waals surface area contributed by atoms with E-state index in [9.17, 15) is 5.11 Å². The lowest BCUT2D eigenvalue weighted by atomic mass is 9.97. The first-order chi connectivity index (χ1) is 11.7. The van der Waals surface area contributed by atoms with Gasteiger partial charge in [-0.05, 0) is 53.6 Å². The average molecular weight is 337 g/mol. The molecule has 4 nitrogen and oxygen atoms in total. The minimum absolute atomic E-state index is 0.478. The molecule has 0 bridgehead atoms. The molecule has 3 aromatic rings. The number of anilines is 1. The third-order valence-electron chi connectivity index (χ3n) is 4.38. The van der Waals surface area contributed by atoms with Crippen LogP contribution in [0.25, 0.3) is 10.4 Å². The molecule has 2 aromatic heterocycles. The van der Waals surface area contributed by atoms with E-state index in [0.29, 0.717) is 5.82 Å². The van der Waals surface area contributed by atoms with Crippen molar-refractivity contribution in [1.82, 2.24) is 9.97 Å².